The van der Waals surface area contributed by atoms with Gasteiger partial charge in [0.15, 0.2) is 0 Å². The van der Waals surface area contributed by atoms with Crippen molar-refractivity contribution in [2.75, 3.05) is 13.2 Å². The van der Waals surface area contributed by atoms with E-state index in [2.05, 4.69) is 0 Å². The van der Waals surface area contributed by atoms with E-state index >= 15 is 0 Å². The van der Waals surface area contributed by atoms with Gasteiger partial charge in [-0.3, -0.25) is 5.32 Å². The van der Waals surface area contributed by atoms with Crippen LogP contribution in [-0.4, -0.2) is 35.9 Å². The Labute approximate surface area is 120 Å². The van der Waals surface area contributed by atoms with Crippen LogP contribution < -0.4 is 10.1 Å². The Bertz CT molecular complexity index is 496. The van der Waals surface area contributed by atoms with Gasteiger partial charge >= 0.3 is 12.1 Å². The minimum absolute atomic E-state index is 0.0676. The number of hydrogen-bond acceptors (Lipinski definition) is 3. The molecule has 0 saturated heterocycles. The molecule has 0 aliphatic carbocycles. The van der Waals surface area contributed by atoms with Crippen LogP contribution in [0.25, 0.3) is 0 Å². The molecule has 0 amide bonds. The fraction of sp³-hybridized carbons (Fsp3) is 0.500. The molecule has 1 rings (SSSR count). The van der Waals surface area contributed by atoms with Crippen LogP contribution in [0, 0.1) is 13.8 Å². The highest BCUT2D eigenvalue weighted by atomic mass is 19.4. The monoisotopic (exact) mass is 305 g/mol. The van der Waals surface area contributed by atoms with E-state index in [0.717, 1.165) is 11.1 Å². The Balaban J connectivity index is 2.58. The smallest absolute Gasteiger partial charge is 0.417 e. The van der Waals surface area contributed by atoms with Gasteiger partial charge < -0.3 is 9.84 Å². The summed E-state index contributed by atoms with van der Waals surface area (Å²) in [5.41, 5.74) is -1.04. The molecule has 0 aliphatic rings. The minimum atomic E-state index is -4.89. The number of rotatable bonds is 6. The van der Waals surface area contributed by atoms with Gasteiger partial charge in [-0.05, 0) is 44.0 Å². The molecule has 0 aliphatic heterocycles. The molecule has 1 unspecified atom stereocenters. The van der Waals surface area contributed by atoms with E-state index in [9.17, 15) is 18.0 Å². The van der Waals surface area contributed by atoms with Crippen LogP contribution in [0.15, 0.2) is 18.2 Å². The van der Waals surface area contributed by atoms with Crippen molar-refractivity contribution >= 4 is 5.97 Å². The number of halogens is 3. The van der Waals surface area contributed by atoms with Crippen LogP contribution in [0.1, 0.15) is 18.1 Å². The van der Waals surface area contributed by atoms with Crippen LogP contribution >= 0.6 is 0 Å². The molecule has 0 fully saturated rings. The first-order valence-corrected chi connectivity index (χ1v) is 6.32. The molecular weight excluding hydrogens is 287 g/mol. The Morgan fingerprint density at radius 2 is 1.76 bits per heavy atom. The first-order valence-electron chi connectivity index (χ1n) is 6.32. The first-order chi connectivity index (χ1) is 9.56. The largest absolute Gasteiger partial charge is 0.492 e. The second-order valence-corrected chi connectivity index (χ2v) is 5.03. The van der Waals surface area contributed by atoms with Gasteiger partial charge in [0, 0.05) is 6.54 Å². The zero-order valence-electron chi connectivity index (χ0n) is 12.0. The zero-order valence-corrected chi connectivity index (χ0v) is 12.0. The standard InChI is InChI=1S/C14H18F3NO3/c1-9-6-10(2)8-11(7-9)21-5-4-18-13(3,12(19)20)14(15,16)17/h6-8,18H,4-5H2,1-3H3,(H,19,20). The molecule has 0 heterocycles. The summed E-state index contributed by atoms with van der Waals surface area (Å²) in [7, 11) is 0. The first kappa shape index (κ1) is 17.3. The highest BCUT2D eigenvalue weighted by Crippen LogP contribution is 2.30. The van der Waals surface area contributed by atoms with Gasteiger partial charge in [0.1, 0.15) is 12.4 Å². The van der Waals surface area contributed by atoms with Gasteiger partial charge in [0.25, 0.3) is 0 Å². The lowest BCUT2D eigenvalue weighted by molar-refractivity contribution is -0.206. The molecule has 1 aromatic carbocycles. The summed E-state index contributed by atoms with van der Waals surface area (Å²) in [6.45, 7) is 4.04. The van der Waals surface area contributed by atoms with Gasteiger partial charge in [-0.15, -0.1) is 0 Å². The predicted molar refractivity (Wildman–Crippen MR) is 71.5 cm³/mol. The van der Waals surface area contributed by atoms with Crippen molar-refractivity contribution in [2.45, 2.75) is 32.5 Å². The maximum atomic E-state index is 12.7. The van der Waals surface area contributed by atoms with Gasteiger partial charge in [0.2, 0.25) is 5.54 Å². The minimum Gasteiger partial charge on any atom is -0.492 e. The molecule has 7 heteroatoms. The predicted octanol–water partition coefficient (Wildman–Crippen LogP) is 2.68. The maximum Gasteiger partial charge on any atom is 0.417 e. The number of hydrogen-bond donors (Lipinski definition) is 2. The summed E-state index contributed by atoms with van der Waals surface area (Å²) >= 11 is 0. The number of aliphatic carboxylic acids is 1. The molecular formula is C14H18F3NO3. The Hall–Kier alpha value is -1.76. The van der Waals surface area contributed by atoms with Crippen molar-refractivity contribution < 1.29 is 27.8 Å². The number of carboxylic acids is 1. The highest BCUT2D eigenvalue weighted by Gasteiger charge is 2.57. The van der Waals surface area contributed by atoms with E-state index in [-0.39, 0.29) is 13.2 Å². The third-order valence-electron chi connectivity index (χ3n) is 3.04. The Morgan fingerprint density at radius 3 is 2.19 bits per heavy atom. The quantitative estimate of drug-likeness (QED) is 0.793. The van der Waals surface area contributed by atoms with E-state index in [4.69, 9.17) is 9.84 Å². The van der Waals surface area contributed by atoms with Gasteiger partial charge in [-0.25, -0.2) is 4.79 Å². The van der Waals surface area contributed by atoms with Crippen LogP contribution in [0.3, 0.4) is 0 Å². The number of carboxylic acid groups (broad SMARTS) is 1. The van der Waals surface area contributed by atoms with Crippen molar-refractivity contribution in [2.24, 2.45) is 0 Å². The van der Waals surface area contributed by atoms with Crippen molar-refractivity contribution in [3.8, 4) is 5.75 Å². The van der Waals surface area contributed by atoms with Gasteiger partial charge in [0.05, 0.1) is 0 Å². The normalized spacial score (nSPS) is 14.6. The zero-order chi connectivity index (χ0) is 16.3. The summed E-state index contributed by atoms with van der Waals surface area (Å²) in [5, 5.41) is 10.7. The van der Waals surface area contributed by atoms with Crippen molar-refractivity contribution in [3.05, 3.63) is 29.3 Å². The highest BCUT2D eigenvalue weighted by molar-refractivity contribution is 5.79. The van der Waals surface area contributed by atoms with Gasteiger partial charge in [-0.2, -0.15) is 13.2 Å². The lowest BCUT2D eigenvalue weighted by Gasteiger charge is -2.28. The van der Waals surface area contributed by atoms with E-state index in [1.807, 2.05) is 25.2 Å². The molecule has 0 spiro atoms. The van der Waals surface area contributed by atoms with Crippen LogP contribution in [-0.2, 0) is 4.79 Å². The summed E-state index contributed by atoms with van der Waals surface area (Å²) < 4.78 is 43.5. The third-order valence-corrected chi connectivity index (χ3v) is 3.04. The molecule has 21 heavy (non-hydrogen) atoms. The fourth-order valence-electron chi connectivity index (χ4n) is 1.78. The average molecular weight is 305 g/mol. The van der Waals surface area contributed by atoms with Crippen LogP contribution in [0.4, 0.5) is 13.2 Å². The van der Waals surface area contributed by atoms with E-state index in [0.29, 0.717) is 12.7 Å². The maximum absolute atomic E-state index is 12.7. The van der Waals surface area contributed by atoms with E-state index < -0.39 is 17.7 Å². The summed E-state index contributed by atoms with van der Waals surface area (Å²) in [4.78, 5) is 10.8. The lowest BCUT2D eigenvalue weighted by Crippen LogP contribution is -2.60. The third kappa shape index (κ3) is 4.35. The summed E-state index contributed by atoms with van der Waals surface area (Å²) in [5.74, 6) is -1.43. The number of nitrogens with one attached hydrogen (secondary N) is 1. The molecule has 4 nitrogen and oxygen atoms in total. The topological polar surface area (TPSA) is 58.6 Å². The second-order valence-electron chi connectivity index (χ2n) is 5.03. The average Bonchev–Trinajstić information content (AvgIpc) is 2.31. The number of ether oxygens (including phenoxy) is 1. The van der Waals surface area contributed by atoms with E-state index in [1.54, 1.807) is 12.1 Å². The molecule has 1 atom stereocenters. The molecule has 118 valence electrons. The van der Waals surface area contributed by atoms with Crippen molar-refractivity contribution in [1.29, 1.82) is 0 Å². The molecule has 0 aromatic heterocycles. The SMILES string of the molecule is Cc1cc(C)cc(OCCNC(C)(C(=O)O)C(F)(F)F)c1. The van der Waals surface area contributed by atoms with Gasteiger partial charge in [-0.1, -0.05) is 6.07 Å². The van der Waals surface area contributed by atoms with Crippen LogP contribution in [0.2, 0.25) is 0 Å². The lowest BCUT2D eigenvalue weighted by atomic mass is 10.0. The molecule has 0 saturated carbocycles. The Morgan fingerprint density at radius 1 is 1.24 bits per heavy atom. The van der Waals surface area contributed by atoms with Crippen molar-refractivity contribution in [3.63, 3.8) is 0 Å². The number of alkyl halides is 3. The van der Waals surface area contributed by atoms with E-state index in [1.165, 1.54) is 0 Å². The Kier molecular flexibility index (Phi) is 5.22. The van der Waals surface area contributed by atoms with Crippen LogP contribution in [0.5, 0.6) is 5.75 Å². The second kappa shape index (κ2) is 6.34. The summed E-state index contributed by atoms with van der Waals surface area (Å²) in [6.07, 6.45) is -4.89. The number of aryl methyl sites for hydroxylation is 2. The summed E-state index contributed by atoms with van der Waals surface area (Å²) in [6, 6.07) is 5.45. The van der Waals surface area contributed by atoms with Crippen molar-refractivity contribution in [1.82, 2.24) is 5.32 Å². The molecule has 0 radical (unpaired) electrons. The molecule has 1 aromatic rings. The molecule has 0 bridgehead atoms. The molecule has 2 N–H and O–H groups in total. The number of carbonyl (C=O) groups is 1. The number of benzene rings is 1. The fourth-order valence-corrected chi connectivity index (χ4v) is 1.78.